The Labute approximate surface area is 207 Å². The largest absolute Gasteiger partial charge is 0.461 e. The molecule has 2 atom stereocenters. The topological polar surface area (TPSA) is 66.8 Å². The van der Waals surface area contributed by atoms with Gasteiger partial charge in [0.15, 0.2) is 0 Å². The fraction of sp³-hybridized carbons (Fsp3) is 0.476. The minimum Gasteiger partial charge on any atom is -0.461 e. The Balaban J connectivity index is 1.73. The Hall–Kier alpha value is -0.830. The molecule has 0 radical (unpaired) electrons. The molecule has 1 N–H and O–H groups in total. The summed E-state index contributed by atoms with van der Waals surface area (Å²) in [7, 11) is 0. The molecule has 31 heavy (non-hydrogen) atoms. The average molecular weight is 525 g/mol. The molecule has 1 heterocycles. The Morgan fingerprint density at radius 1 is 1.29 bits per heavy atom. The zero-order chi connectivity index (χ0) is 22.9. The first-order valence-electron chi connectivity index (χ1n) is 9.74. The van der Waals surface area contributed by atoms with E-state index in [0.29, 0.717) is 17.2 Å². The first-order chi connectivity index (χ1) is 14.7. The fourth-order valence-corrected chi connectivity index (χ4v) is 4.60. The number of nitrogens with zero attached hydrogens (tertiary/aromatic N) is 1. The highest BCUT2D eigenvalue weighted by Crippen LogP contribution is 2.28. The summed E-state index contributed by atoms with van der Waals surface area (Å²) in [5.41, 5.74) is 1.14. The molecule has 170 valence electrons. The number of thiocarbonyl (C=S) groups is 1. The molecule has 0 saturated carbocycles. The van der Waals surface area contributed by atoms with Gasteiger partial charge in [-0.1, -0.05) is 101 Å². The number of carbonyl (C=O) groups excluding carboxylic acids is 2. The number of ether oxygens (including phenoxy) is 1. The second-order valence-electron chi connectivity index (χ2n) is 7.06. The maximum Gasteiger partial charge on any atom is 0.306 e. The number of aliphatic hydroxyl groups is 1. The summed E-state index contributed by atoms with van der Waals surface area (Å²) in [4.78, 5) is 25.9. The van der Waals surface area contributed by atoms with E-state index in [1.165, 1.54) is 11.8 Å². The van der Waals surface area contributed by atoms with Gasteiger partial charge in [-0.3, -0.25) is 14.5 Å². The lowest BCUT2D eigenvalue weighted by Crippen LogP contribution is -2.41. The van der Waals surface area contributed by atoms with Gasteiger partial charge in [-0.15, -0.1) is 0 Å². The zero-order valence-corrected chi connectivity index (χ0v) is 20.6. The standard InChI is InChI=1S/C21H24Cl3NO4S2/c22-21(23,24)14-29-19(28)10-6-2-5-9-17(26)12-18(27)25-16(13-31-20(25)30)11-15-7-3-1-4-8-15/h1-5,7-8,16-17,26H,6,9-14H2/t16-,17?/m1/s1. The summed E-state index contributed by atoms with van der Waals surface area (Å²) in [6.45, 7) is -0.303. The van der Waals surface area contributed by atoms with Crippen molar-refractivity contribution >= 4 is 75.0 Å². The van der Waals surface area contributed by atoms with Crippen LogP contribution in [0.15, 0.2) is 42.5 Å². The van der Waals surface area contributed by atoms with E-state index in [0.717, 1.165) is 17.7 Å². The lowest BCUT2D eigenvalue weighted by molar-refractivity contribution is -0.143. The highest BCUT2D eigenvalue weighted by atomic mass is 35.6. The summed E-state index contributed by atoms with van der Waals surface area (Å²) in [6.07, 6.45) is 4.22. The number of halogens is 3. The maximum atomic E-state index is 12.7. The second-order valence-corrected chi connectivity index (χ2v) is 11.2. The number of amides is 1. The third kappa shape index (κ3) is 10.1. The van der Waals surface area contributed by atoms with Crippen molar-refractivity contribution < 1.29 is 19.4 Å². The monoisotopic (exact) mass is 523 g/mol. The van der Waals surface area contributed by atoms with E-state index in [2.05, 4.69) is 0 Å². The molecule has 0 aromatic heterocycles. The number of hydrogen-bond donors (Lipinski definition) is 1. The van der Waals surface area contributed by atoms with Crippen LogP contribution in [0.1, 0.15) is 31.2 Å². The van der Waals surface area contributed by atoms with Crippen molar-refractivity contribution in [2.75, 3.05) is 12.4 Å². The summed E-state index contributed by atoms with van der Waals surface area (Å²) in [6, 6.07) is 9.95. The van der Waals surface area contributed by atoms with Gasteiger partial charge < -0.3 is 9.84 Å². The molecule has 5 nitrogen and oxygen atoms in total. The van der Waals surface area contributed by atoms with Crippen LogP contribution in [-0.2, 0) is 20.7 Å². The minimum absolute atomic E-state index is 0.00569. The minimum atomic E-state index is -1.63. The second kappa shape index (κ2) is 13.0. The molecule has 0 spiro atoms. The third-order valence-corrected chi connectivity index (χ3v) is 6.31. The van der Waals surface area contributed by atoms with Gasteiger partial charge in [-0.25, -0.2) is 0 Å². The molecule has 1 aliphatic heterocycles. The smallest absolute Gasteiger partial charge is 0.306 e. The van der Waals surface area contributed by atoms with Crippen LogP contribution in [0.4, 0.5) is 0 Å². The van der Waals surface area contributed by atoms with Gasteiger partial charge in [0, 0.05) is 12.2 Å². The van der Waals surface area contributed by atoms with Crippen LogP contribution >= 0.6 is 58.8 Å². The van der Waals surface area contributed by atoms with Crippen molar-refractivity contribution in [1.29, 1.82) is 0 Å². The number of carbonyl (C=O) groups is 2. The number of rotatable bonds is 10. The fourth-order valence-electron chi connectivity index (χ4n) is 2.99. The molecular formula is C21H24Cl3NO4S2. The number of aliphatic hydroxyl groups excluding tert-OH is 1. The number of hydrogen-bond acceptors (Lipinski definition) is 6. The summed E-state index contributed by atoms with van der Waals surface area (Å²) in [5.74, 6) is 0.104. The van der Waals surface area contributed by atoms with E-state index in [9.17, 15) is 14.7 Å². The number of allylic oxidation sites excluding steroid dienone is 1. The van der Waals surface area contributed by atoms with E-state index in [1.807, 2.05) is 30.3 Å². The lowest BCUT2D eigenvalue weighted by Gasteiger charge is -2.24. The summed E-state index contributed by atoms with van der Waals surface area (Å²) >= 11 is 23.4. The van der Waals surface area contributed by atoms with Crippen LogP contribution < -0.4 is 0 Å². The zero-order valence-electron chi connectivity index (χ0n) is 16.7. The van der Waals surface area contributed by atoms with Crippen LogP contribution in [0.5, 0.6) is 0 Å². The van der Waals surface area contributed by atoms with Gasteiger partial charge >= 0.3 is 5.97 Å². The van der Waals surface area contributed by atoms with E-state index in [-0.39, 0.29) is 31.4 Å². The first kappa shape index (κ1) is 26.4. The first-order valence-corrected chi connectivity index (χ1v) is 12.3. The van der Waals surface area contributed by atoms with E-state index >= 15 is 0 Å². The molecule has 0 bridgehead atoms. The van der Waals surface area contributed by atoms with Crippen molar-refractivity contribution in [2.24, 2.45) is 0 Å². The quantitative estimate of drug-likeness (QED) is 0.204. The Bertz CT molecular complexity index is 787. The summed E-state index contributed by atoms with van der Waals surface area (Å²) < 4.78 is 3.75. The van der Waals surface area contributed by atoms with Crippen LogP contribution in [0.3, 0.4) is 0 Å². The molecule has 1 saturated heterocycles. The van der Waals surface area contributed by atoms with E-state index in [1.54, 1.807) is 17.1 Å². The normalized spacial score (nSPS) is 17.9. The van der Waals surface area contributed by atoms with Gasteiger partial charge in [0.1, 0.15) is 10.9 Å². The van der Waals surface area contributed by atoms with Gasteiger partial charge in [0.2, 0.25) is 9.70 Å². The van der Waals surface area contributed by atoms with Crippen molar-refractivity contribution in [2.45, 2.75) is 48.0 Å². The van der Waals surface area contributed by atoms with Crippen molar-refractivity contribution in [1.82, 2.24) is 4.90 Å². The molecule has 10 heteroatoms. The number of alkyl halides is 3. The molecule has 1 aliphatic rings. The van der Waals surface area contributed by atoms with Crippen LogP contribution in [0.25, 0.3) is 0 Å². The van der Waals surface area contributed by atoms with Gasteiger partial charge in [-0.05, 0) is 24.8 Å². The molecule has 1 amide bonds. The van der Waals surface area contributed by atoms with E-state index in [4.69, 9.17) is 51.8 Å². The highest BCUT2D eigenvalue weighted by molar-refractivity contribution is 8.23. The van der Waals surface area contributed by atoms with Crippen LogP contribution in [0.2, 0.25) is 0 Å². The molecule has 2 rings (SSSR count). The number of esters is 1. The Kier molecular flexibility index (Phi) is 11.1. The molecule has 1 unspecified atom stereocenters. The Morgan fingerprint density at radius 3 is 2.68 bits per heavy atom. The SMILES string of the molecule is O=C(CCC=CCC(O)CC(=O)N1C(=S)SC[C@H]1Cc1ccccc1)OCC(Cl)(Cl)Cl. The van der Waals surface area contributed by atoms with Crippen molar-refractivity contribution in [3.8, 4) is 0 Å². The summed E-state index contributed by atoms with van der Waals surface area (Å²) in [5, 5.41) is 10.2. The highest BCUT2D eigenvalue weighted by Gasteiger charge is 2.34. The molecular weight excluding hydrogens is 501 g/mol. The van der Waals surface area contributed by atoms with Gasteiger partial charge in [-0.2, -0.15) is 0 Å². The molecule has 1 fully saturated rings. The van der Waals surface area contributed by atoms with Gasteiger partial charge in [0.25, 0.3) is 0 Å². The van der Waals surface area contributed by atoms with Crippen molar-refractivity contribution in [3.05, 3.63) is 48.0 Å². The van der Waals surface area contributed by atoms with Crippen LogP contribution in [0, 0.1) is 0 Å². The third-order valence-electron chi connectivity index (χ3n) is 4.44. The predicted molar refractivity (Wildman–Crippen MR) is 131 cm³/mol. The van der Waals surface area contributed by atoms with Gasteiger partial charge in [0.05, 0.1) is 18.6 Å². The number of benzene rings is 1. The molecule has 1 aromatic rings. The molecule has 0 aliphatic carbocycles. The maximum absolute atomic E-state index is 12.7. The van der Waals surface area contributed by atoms with E-state index < -0.39 is 15.9 Å². The predicted octanol–water partition coefficient (Wildman–Crippen LogP) is 4.85. The lowest BCUT2D eigenvalue weighted by atomic mass is 10.1. The Morgan fingerprint density at radius 2 is 2.00 bits per heavy atom. The van der Waals surface area contributed by atoms with Crippen molar-refractivity contribution in [3.63, 3.8) is 0 Å². The molecule has 1 aromatic carbocycles. The van der Waals surface area contributed by atoms with Crippen LogP contribution in [-0.4, -0.2) is 54.5 Å². The average Bonchev–Trinajstić information content (AvgIpc) is 3.06. The number of thioether (sulfide) groups is 1.